The van der Waals surface area contributed by atoms with Crippen LogP contribution in [0.15, 0.2) is 48.5 Å². The van der Waals surface area contributed by atoms with Crippen molar-refractivity contribution in [2.24, 2.45) is 0 Å². The van der Waals surface area contributed by atoms with Crippen molar-refractivity contribution >= 4 is 28.9 Å². The third-order valence-electron chi connectivity index (χ3n) is 4.73. The maximum Gasteiger partial charge on any atom is 0.238 e. The van der Waals surface area contributed by atoms with Gasteiger partial charge in [-0.05, 0) is 43.3 Å². The molecule has 1 aliphatic heterocycles. The highest BCUT2D eigenvalue weighted by atomic mass is 16.5. The van der Waals surface area contributed by atoms with Crippen LogP contribution in [0.5, 0.6) is 5.75 Å². The number of anilines is 3. The van der Waals surface area contributed by atoms with Gasteiger partial charge < -0.3 is 20.3 Å². The van der Waals surface area contributed by atoms with E-state index in [1.54, 1.807) is 24.3 Å². The maximum absolute atomic E-state index is 12.4. The number of nitrogens with one attached hydrogen (secondary N) is 2. The van der Waals surface area contributed by atoms with Gasteiger partial charge in [-0.2, -0.15) is 0 Å². The number of ether oxygens (including phenoxy) is 1. The van der Waals surface area contributed by atoms with E-state index >= 15 is 0 Å². The van der Waals surface area contributed by atoms with Crippen LogP contribution in [0, 0.1) is 0 Å². The minimum atomic E-state index is -0.121. The van der Waals surface area contributed by atoms with Crippen molar-refractivity contribution in [3.05, 3.63) is 48.5 Å². The molecule has 2 amide bonds. The maximum atomic E-state index is 12.4. The molecule has 2 aromatic rings. The van der Waals surface area contributed by atoms with Crippen LogP contribution >= 0.6 is 0 Å². The van der Waals surface area contributed by atoms with Gasteiger partial charge in [0.15, 0.2) is 0 Å². The summed E-state index contributed by atoms with van der Waals surface area (Å²) < 4.78 is 5.74. The van der Waals surface area contributed by atoms with Gasteiger partial charge in [0.05, 0.1) is 18.8 Å². The topological polar surface area (TPSA) is 73.9 Å². The zero-order valence-electron chi connectivity index (χ0n) is 17.0. The Hall–Kier alpha value is -3.06. The van der Waals surface area contributed by atoms with E-state index in [4.69, 9.17) is 4.74 Å². The van der Waals surface area contributed by atoms with Gasteiger partial charge in [0.1, 0.15) is 5.75 Å². The minimum Gasteiger partial charge on any atom is -0.492 e. The second-order valence-electron chi connectivity index (χ2n) is 6.97. The molecule has 1 aliphatic rings. The fourth-order valence-corrected chi connectivity index (χ4v) is 3.39. The quantitative estimate of drug-likeness (QED) is 0.753. The highest BCUT2D eigenvalue weighted by Gasteiger charge is 2.21. The summed E-state index contributed by atoms with van der Waals surface area (Å²) in [6.07, 6.45) is 0. The van der Waals surface area contributed by atoms with E-state index in [0.29, 0.717) is 24.5 Å². The first kappa shape index (κ1) is 20.7. The number of carbonyl (C=O) groups excluding carboxylic acids is 2. The Morgan fingerprint density at radius 2 is 1.55 bits per heavy atom. The third kappa shape index (κ3) is 5.96. The van der Waals surface area contributed by atoms with Crippen LogP contribution in [0.25, 0.3) is 0 Å². The smallest absolute Gasteiger partial charge is 0.238 e. The van der Waals surface area contributed by atoms with E-state index in [-0.39, 0.29) is 11.8 Å². The first-order valence-electron chi connectivity index (χ1n) is 9.92. The highest BCUT2D eigenvalue weighted by Crippen LogP contribution is 2.28. The molecular formula is C22H28N4O3. The number of para-hydroxylation sites is 2. The number of benzene rings is 2. The van der Waals surface area contributed by atoms with Crippen LogP contribution < -0.4 is 20.3 Å². The summed E-state index contributed by atoms with van der Waals surface area (Å²) in [6, 6.07) is 15.2. The molecule has 0 unspecified atom stereocenters. The van der Waals surface area contributed by atoms with Gasteiger partial charge >= 0.3 is 0 Å². The lowest BCUT2D eigenvalue weighted by Gasteiger charge is -2.36. The molecule has 0 aliphatic carbocycles. The number of piperazine rings is 1. The Bertz CT molecular complexity index is 830. The molecule has 0 atom stereocenters. The van der Waals surface area contributed by atoms with Crippen molar-refractivity contribution < 1.29 is 14.3 Å². The number of rotatable bonds is 7. The van der Waals surface area contributed by atoms with Crippen LogP contribution in [0.1, 0.15) is 13.8 Å². The molecule has 0 spiro atoms. The molecule has 7 heteroatoms. The summed E-state index contributed by atoms with van der Waals surface area (Å²) >= 11 is 0. The SMILES string of the molecule is CCOc1ccccc1N1CCN(CC(=O)Nc2ccc(NC(C)=O)cc2)CC1. The van der Waals surface area contributed by atoms with Crippen LogP contribution in [0.4, 0.5) is 17.1 Å². The number of amides is 2. The lowest BCUT2D eigenvalue weighted by Crippen LogP contribution is -2.48. The van der Waals surface area contributed by atoms with Crippen molar-refractivity contribution in [1.29, 1.82) is 0 Å². The predicted molar refractivity (Wildman–Crippen MR) is 116 cm³/mol. The summed E-state index contributed by atoms with van der Waals surface area (Å²) in [5.74, 6) is 0.745. The molecule has 0 saturated carbocycles. The molecule has 1 saturated heterocycles. The molecule has 7 nitrogen and oxygen atoms in total. The normalized spacial score (nSPS) is 14.3. The second-order valence-corrected chi connectivity index (χ2v) is 6.97. The van der Waals surface area contributed by atoms with Crippen molar-refractivity contribution in [1.82, 2.24) is 4.90 Å². The van der Waals surface area contributed by atoms with Gasteiger partial charge in [-0.1, -0.05) is 12.1 Å². The molecule has 1 heterocycles. The van der Waals surface area contributed by atoms with E-state index in [9.17, 15) is 9.59 Å². The average molecular weight is 396 g/mol. The lowest BCUT2D eigenvalue weighted by atomic mass is 10.2. The fraction of sp³-hybridized carbons (Fsp3) is 0.364. The summed E-state index contributed by atoms with van der Waals surface area (Å²) in [5, 5.41) is 5.62. The standard InChI is InChI=1S/C22H28N4O3/c1-3-29-21-7-5-4-6-20(21)26-14-12-25(13-15-26)16-22(28)24-19-10-8-18(9-11-19)23-17(2)27/h4-11H,3,12-16H2,1-2H3,(H,23,27)(H,24,28). The largest absolute Gasteiger partial charge is 0.492 e. The first-order valence-corrected chi connectivity index (χ1v) is 9.92. The van der Waals surface area contributed by atoms with Crippen LogP contribution in [0.2, 0.25) is 0 Å². The third-order valence-corrected chi connectivity index (χ3v) is 4.73. The van der Waals surface area contributed by atoms with Crippen LogP contribution in [-0.4, -0.2) is 56.0 Å². The highest BCUT2D eigenvalue weighted by molar-refractivity contribution is 5.93. The zero-order valence-corrected chi connectivity index (χ0v) is 17.0. The Kier molecular flexibility index (Phi) is 7.08. The molecule has 154 valence electrons. The number of hydrogen-bond donors (Lipinski definition) is 2. The Labute approximate surface area is 171 Å². The fourth-order valence-electron chi connectivity index (χ4n) is 3.39. The van der Waals surface area contributed by atoms with Gasteiger partial charge in [-0.25, -0.2) is 0 Å². The van der Waals surface area contributed by atoms with E-state index in [2.05, 4.69) is 26.5 Å². The number of hydrogen-bond acceptors (Lipinski definition) is 5. The molecule has 0 aromatic heterocycles. The Balaban J connectivity index is 1.48. The Morgan fingerprint density at radius 3 is 2.17 bits per heavy atom. The molecule has 2 N–H and O–H groups in total. The number of nitrogens with zero attached hydrogens (tertiary/aromatic N) is 2. The monoisotopic (exact) mass is 396 g/mol. The molecule has 2 aromatic carbocycles. The van der Waals surface area contributed by atoms with Gasteiger partial charge in [0, 0.05) is 44.5 Å². The molecule has 29 heavy (non-hydrogen) atoms. The van der Waals surface area contributed by atoms with E-state index in [0.717, 1.165) is 37.6 Å². The molecular weight excluding hydrogens is 368 g/mol. The summed E-state index contributed by atoms with van der Waals surface area (Å²) in [5.41, 5.74) is 2.53. The molecule has 1 fully saturated rings. The minimum absolute atomic E-state index is 0.0413. The van der Waals surface area contributed by atoms with Crippen molar-refractivity contribution in [2.75, 3.05) is 54.9 Å². The molecule has 3 rings (SSSR count). The lowest BCUT2D eigenvalue weighted by molar-refractivity contribution is -0.117. The van der Waals surface area contributed by atoms with Crippen LogP contribution in [0.3, 0.4) is 0 Å². The first-order chi connectivity index (χ1) is 14.0. The Morgan fingerprint density at radius 1 is 0.931 bits per heavy atom. The molecule has 0 radical (unpaired) electrons. The van der Waals surface area contributed by atoms with E-state index in [1.165, 1.54) is 6.92 Å². The molecule has 0 bridgehead atoms. The second kappa shape index (κ2) is 9.93. The van der Waals surface area contributed by atoms with Gasteiger partial charge in [-0.3, -0.25) is 14.5 Å². The van der Waals surface area contributed by atoms with Crippen molar-refractivity contribution in [3.8, 4) is 5.75 Å². The summed E-state index contributed by atoms with van der Waals surface area (Å²) in [6.45, 7) is 7.78. The van der Waals surface area contributed by atoms with Gasteiger partial charge in [0.25, 0.3) is 0 Å². The predicted octanol–water partition coefficient (Wildman–Crippen LogP) is 2.80. The van der Waals surface area contributed by atoms with Crippen molar-refractivity contribution in [3.63, 3.8) is 0 Å². The number of carbonyl (C=O) groups is 2. The van der Waals surface area contributed by atoms with Gasteiger partial charge in [0.2, 0.25) is 11.8 Å². The summed E-state index contributed by atoms with van der Waals surface area (Å²) in [7, 11) is 0. The average Bonchev–Trinajstić information content (AvgIpc) is 2.70. The van der Waals surface area contributed by atoms with E-state index in [1.807, 2.05) is 25.1 Å². The van der Waals surface area contributed by atoms with Crippen molar-refractivity contribution in [2.45, 2.75) is 13.8 Å². The van der Waals surface area contributed by atoms with E-state index < -0.39 is 0 Å². The zero-order chi connectivity index (χ0) is 20.6. The van der Waals surface area contributed by atoms with Crippen LogP contribution in [-0.2, 0) is 9.59 Å². The summed E-state index contributed by atoms with van der Waals surface area (Å²) in [4.78, 5) is 27.9. The van der Waals surface area contributed by atoms with Gasteiger partial charge in [-0.15, -0.1) is 0 Å².